The molecule has 4 aromatic rings. The summed E-state index contributed by atoms with van der Waals surface area (Å²) in [6.45, 7) is 2.90. The zero-order valence-electron chi connectivity index (χ0n) is 18.6. The number of nitrogens with one attached hydrogen (secondary N) is 1. The van der Waals surface area contributed by atoms with Crippen LogP contribution >= 0.6 is 0 Å². The molecule has 1 atom stereocenters. The van der Waals surface area contributed by atoms with Crippen LogP contribution < -0.4 is 10.1 Å². The summed E-state index contributed by atoms with van der Waals surface area (Å²) in [6.07, 6.45) is 4.49. The fourth-order valence-electron chi connectivity index (χ4n) is 3.90. The summed E-state index contributed by atoms with van der Waals surface area (Å²) in [5.41, 5.74) is 4.20. The van der Waals surface area contributed by atoms with Crippen LogP contribution in [-0.2, 0) is 22.7 Å². The van der Waals surface area contributed by atoms with Gasteiger partial charge in [-0.2, -0.15) is 0 Å². The minimum Gasteiger partial charge on any atom is -0.487 e. The minimum absolute atomic E-state index is 0.166. The lowest BCUT2D eigenvalue weighted by Crippen LogP contribution is -2.47. The number of fused-ring (bicyclic) bond motifs is 1. The summed E-state index contributed by atoms with van der Waals surface area (Å²) < 4.78 is 11.7. The normalized spacial score (nSPS) is 16.3. The second-order valence-corrected chi connectivity index (χ2v) is 8.10. The van der Waals surface area contributed by atoms with E-state index in [0.717, 1.165) is 34.6 Å². The monoisotopic (exact) mass is 455 g/mol. The van der Waals surface area contributed by atoms with Gasteiger partial charge in [0.05, 0.1) is 23.3 Å². The Morgan fingerprint density at radius 1 is 1.00 bits per heavy atom. The van der Waals surface area contributed by atoms with Crippen molar-refractivity contribution in [3.63, 3.8) is 0 Å². The Morgan fingerprint density at radius 3 is 2.79 bits per heavy atom. The molecule has 3 heterocycles. The van der Waals surface area contributed by atoms with E-state index in [-0.39, 0.29) is 5.91 Å². The SMILES string of the molecule is O=C(Nc1ccc2nccnc2c1)[C@@H]1CN(Cc2cccc(OCc3ccccn3)c2)CCO1. The van der Waals surface area contributed by atoms with Gasteiger partial charge in [-0.25, -0.2) is 0 Å². The third-order valence-electron chi connectivity index (χ3n) is 5.60. The zero-order chi connectivity index (χ0) is 23.2. The highest BCUT2D eigenvalue weighted by atomic mass is 16.5. The lowest BCUT2D eigenvalue weighted by atomic mass is 10.1. The van der Waals surface area contributed by atoms with Gasteiger partial charge in [0.15, 0.2) is 0 Å². The summed E-state index contributed by atoms with van der Waals surface area (Å²) in [7, 11) is 0. The van der Waals surface area contributed by atoms with Gasteiger partial charge >= 0.3 is 0 Å². The Bertz CT molecular complexity index is 1270. The maximum atomic E-state index is 12.9. The van der Waals surface area contributed by atoms with Crippen molar-refractivity contribution in [2.24, 2.45) is 0 Å². The quantitative estimate of drug-likeness (QED) is 0.457. The Kier molecular flexibility index (Phi) is 6.69. The van der Waals surface area contributed by atoms with Crippen molar-refractivity contribution in [2.45, 2.75) is 19.3 Å². The van der Waals surface area contributed by atoms with E-state index in [1.807, 2.05) is 54.6 Å². The van der Waals surface area contributed by atoms with Crippen LogP contribution in [-0.4, -0.2) is 51.6 Å². The molecule has 1 aliphatic rings. The fraction of sp³-hybridized carbons (Fsp3) is 0.231. The molecule has 1 saturated heterocycles. The number of carbonyl (C=O) groups is 1. The summed E-state index contributed by atoms with van der Waals surface area (Å²) in [6, 6.07) is 19.3. The van der Waals surface area contributed by atoms with E-state index < -0.39 is 6.10 Å². The van der Waals surface area contributed by atoms with Gasteiger partial charge in [0.2, 0.25) is 0 Å². The molecule has 0 bridgehead atoms. The number of ether oxygens (including phenoxy) is 2. The van der Waals surface area contributed by atoms with Gasteiger partial charge < -0.3 is 14.8 Å². The first-order valence-corrected chi connectivity index (χ1v) is 11.2. The topological polar surface area (TPSA) is 89.5 Å². The lowest BCUT2D eigenvalue weighted by molar-refractivity contribution is -0.133. The molecule has 8 nitrogen and oxygen atoms in total. The van der Waals surface area contributed by atoms with E-state index in [0.29, 0.717) is 32.0 Å². The molecule has 0 radical (unpaired) electrons. The second kappa shape index (κ2) is 10.4. The molecule has 0 unspecified atom stereocenters. The van der Waals surface area contributed by atoms with Gasteiger partial charge in [-0.05, 0) is 48.0 Å². The number of aromatic nitrogens is 3. The van der Waals surface area contributed by atoms with Crippen LogP contribution in [0, 0.1) is 0 Å². The zero-order valence-corrected chi connectivity index (χ0v) is 18.6. The molecule has 8 heteroatoms. The van der Waals surface area contributed by atoms with Crippen LogP contribution in [0.3, 0.4) is 0 Å². The predicted octanol–water partition coefficient (Wildman–Crippen LogP) is 3.44. The maximum absolute atomic E-state index is 12.9. The molecule has 0 spiro atoms. The van der Waals surface area contributed by atoms with Gasteiger partial charge in [0.1, 0.15) is 18.5 Å². The fourth-order valence-corrected chi connectivity index (χ4v) is 3.90. The number of carbonyl (C=O) groups excluding carboxylic acids is 1. The van der Waals surface area contributed by atoms with E-state index in [1.54, 1.807) is 18.6 Å². The Morgan fingerprint density at radius 2 is 1.91 bits per heavy atom. The molecular weight excluding hydrogens is 430 g/mol. The van der Waals surface area contributed by atoms with Crippen molar-refractivity contribution in [1.82, 2.24) is 19.9 Å². The van der Waals surface area contributed by atoms with Crippen molar-refractivity contribution >= 4 is 22.6 Å². The Hall–Kier alpha value is -3.88. The predicted molar refractivity (Wildman–Crippen MR) is 128 cm³/mol. The molecule has 2 aromatic carbocycles. The maximum Gasteiger partial charge on any atom is 0.254 e. The van der Waals surface area contributed by atoms with Gasteiger partial charge in [-0.1, -0.05) is 18.2 Å². The average Bonchev–Trinajstić information content (AvgIpc) is 2.88. The Labute approximate surface area is 197 Å². The number of amides is 1. The molecule has 0 saturated carbocycles. The number of morpholine rings is 1. The highest BCUT2D eigenvalue weighted by molar-refractivity contribution is 5.96. The highest BCUT2D eigenvalue weighted by Gasteiger charge is 2.27. The van der Waals surface area contributed by atoms with Crippen molar-refractivity contribution in [3.8, 4) is 5.75 Å². The molecule has 1 aliphatic heterocycles. The van der Waals surface area contributed by atoms with Gasteiger partial charge in [-0.15, -0.1) is 0 Å². The van der Waals surface area contributed by atoms with Gasteiger partial charge in [-0.3, -0.25) is 24.6 Å². The molecular formula is C26H25N5O3. The molecule has 0 aliphatic carbocycles. The van der Waals surface area contributed by atoms with E-state index in [9.17, 15) is 4.79 Å². The number of hydrogen-bond donors (Lipinski definition) is 1. The summed E-state index contributed by atoms with van der Waals surface area (Å²) in [5, 5.41) is 2.95. The molecule has 34 heavy (non-hydrogen) atoms. The van der Waals surface area contributed by atoms with E-state index in [1.165, 1.54) is 0 Å². The third kappa shape index (κ3) is 5.54. The standard InChI is InChI=1S/C26H25N5O3/c32-26(30-20-7-8-23-24(15-20)29-11-10-28-23)25-17-31(12-13-33-25)16-19-4-3-6-22(14-19)34-18-21-5-1-2-9-27-21/h1-11,14-15,25H,12-13,16-18H2,(H,30,32)/t25-/m0/s1. The van der Waals surface area contributed by atoms with Crippen LogP contribution in [0.5, 0.6) is 5.75 Å². The van der Waals surface area contributed by atoms with E-state index in [4.69, 9.17) is 9.47 Å². The number of anilines is 1. The second-order valence-electron chi connectivity index (χ2n) is 8.10. The summed E-state index contributed by atoms with van der Waals surface area (Å²) in [5.74, 6) is 0.630. The van der Waals surface area contributed by atoms with Crippen LogP contribution in [0.15, 0.2) is 79.3 Å². The molecule has 1 fully saturated rings. The smallest absolute Gasteiger partial charge is 0.254 e. The first-order valence-electron chi connectivity index (χ1n) is 11.2. The molecule has 172 valence electrons. The minimum atomic E-state index is -0.546. The molecule has 2 aromatic heterocycles. The first-order chi connectivity index (χ1) is 16.7. The number of benzene rings is 2. The number of rotatable bonds is 7. The van der Waals surface area contributed by atoms with Gasteiger partial charge in [0.25, 0.3) is 5.91 Å². The summed E-state index contributed by atoms with van der Waals surface area (Å²) in [4.78, 5) is 27.9. The van der Waals surface area contributed by atoms with Crippen molar-refractivity contribution in [2.75, 3.05) is 25.0 Å². The Balaban J connectivity index is 1.17. The molecule has 1 N–H and O–H groups in total. The summed E-state index contributed by atoms with van der Waals surface area (Å²) >= 11 is 0. The number of nitrogens with zero attached hydrogens (tertiary/aromatic N) is 4. The van der Waals surface area contributed by atoms with Crippen LogP contribution in [0.2, 0.25) is 0 Å². The largest absolute Gasteiger partial charge is 0.487 e. The first kappa shape index (κ1) is 21.9. The average molecular weight is 456 g/mol. The number of pyridine rings is 1. The van der Waals surface area contributed by atoms with Crippen molar-refractivity contribution < 1.29 is 14.3 Å². The highest BCUT2D eigenvalue weighted by Crippen LogP contribution is 2.19. The lowest BCUT2D eigenvalue weighted by Gasteiger charge is -2.32. The van der Waals surface area contributed by atoms with Crippen LogP contribution in [0.4, 0.5) is 5.69 Å². The van der Waals surface area contributed by atoms with Crippen LogP contribution in [0.1, 0.15) is 11.3 Å². The van der Waals surface area contributed by atoms with Crippen molar-refractivity contribution in [1.29, 1.82) is 0 Å². The number of hydrogen-bond acceptors (Lipinski definition) is 7. The molecule has 1 amide bonds. The third-order valence-corrected chi connectivity index (χ3v) is 5.60. The van der Waals surface area contributed by atoms with E-state index >= 15 is 0 Å². The van der Waals surface area contributed by atoms with E-state index in [2.05, 4.69) is 31.2 Å². The van der Waals surface area contributed by atoms with Crippen LogP contribution in [0.25, 0.3) is 11.0 Å². The van der Waals surface area contributed by atoms with Crippen molar-refractivity contribution in [3.05, 3.63) is 90.5 Å². The molecule has 5 rings (SSSR count). The van der Waals surface area contributed by atoms with Gasteiger partial charge in [0, 0.05) is 43.9 Å².